The van der Waals surface area contributed by atoms with E-state index in [1.807, 2.05) is 35.2 Å². The number of hydrogen-bond acceptors (Lipinski definition) is 5. The molecular formula is C21H33N3O3S. The SMILES string of the molecule is CC1CCN(CCCNC(=O)C(c2ccccc2)N2CCS(=O)(=O)CC2)CC1. The molecule has 3 rings (SSSR count). The molecule has 2 fully saturated rings. The summed E-state index contributed by atoms with van der Waals surface area (Å²) in [5.74, 6) is 1.04. The molecule has 0 bridgehead atoms. The van der Waals surface area contributed by atoms with Crippen LogP contribution in [0.3, 0.4) is 0 Å². The molecule has 7 heteroatoms. The van der Waals surface area contributed by atoms with Crippen LogP contribution < -0.4 is 5.32 Å². The van der Waals surface area contributed by atoms with E-state index in [4.69, 9.17) is 0 Å². The zero-order chi connectivity index (χ0) is 20.0. The maximum Gasteiger partial charge on any atom is 0.241 e. The van der Waals surface area contributed by atoms with Crippen LogP contribution in [0.15, 0.2) is 30.3 Å². The zero-order valence-corrected chi connectivity index (χ0v) is 17.7. The van der Waals surface area contributed by atoms with Crippen molar-refractivity contribution in [1.82, 2.24) is 15.1 Å². The summed E-state index contributed by atoms with van der Waals surface area (Å²) in [4.78, 5) is 17.5. The Morgan fingerprint density at radius 3 is 2.39 bits per heavy atom. The first-order valence-corrected chi connectivity index (χ1v) is 12.3. The molecule has 0 radical (unpaired) electrons. The van der Waals surface area contributed by atoms with Crippen molar-refractivity contribution in [1.29, 1.82) is 0 Å². The van der Waals surface area contributed by atoms with Crippen molar-refractivity contribution in [2.24, 2.45) is 5.92 Å². The number of likely N-dealkylation sites (tertiary alicyclic amines) is 1. The van der Waals surface area contributed by atoms with Gasteiger partial charge in [0, 0.05) is 19.6 Å². The van der Waals surface area contributed by atoms with Crippen LogP contribution in [-0.2, 0) is 14.6 Å². The Kier molecular flexibility index (Phi) is 7.48. The highest BCUT2D eigenvalue weighted by molar-refractivity contribution is 7.91. The highest BCUT2D eigenvalue weighted by Crippen LogP contribution is 2.23. The molecule has 2 saturated heterocycles. The fourth-order valence-corrected chi connectivity index (χ4v) is 5.27. The summed E-state index contributed by atoms with van der Waals surface area (Å²) in [7, 11) is -2.97. The third kappa shape index (κ3) is 6.03. The van der Waals surface area contributed by atoms with Gasteiger partial charge in [-0.1, -0.05) is 37.3 Å². The zero-order valence-electron chi connectivity index (χ0n) is 16.8. The highest BCUT2D eigenvalue weighted by atomic mass is 32.2. The van der Waals surface area contributed by atoms with Gasteiger partial charge in [0.1, 0.15) is 6.04 Å². The standard InChI is InChI=1S/C21H33N3O3S/c1-18-8-12-23(13-9-18)11-5-10-22-21(25)20(19-6-3-2-4-7-19)24-14-16-28(26,27)17-15-24/h2-4,6-7,18,20H,5,8-17H2,1H3,(H,22,25). The Hall–Kier alpha value is -1.44. The molecule has 6 nitrogen and oxygen atoms in total. The minimum atomic E-state index is -2.97. The number of carbonyl (C=O) groups excluding carboxylic acids is 1. The third-order valence-corrected chi connectivity index (χ3v) is 7.54. The average molecular weight is 408 g/mol. The van der Waals surface area contributed by atoms with E-state index in [-0.39, 0.29) is 17.4 Å². The lowest BCUT2D eigenvalue weighted by atomic mass is 9.99. The number of hydrogen-bond donors (Lipinski definition) is 1. The largest absolute Gasteiger partial charge is 0.354 e. The fourth-order valence-electron chi connectivity index (χ4n) is 4.04. The second-order valence-electron chi connectivity index (χ2n) is 8.17. The maximum absolute atomic E-state index is 13.0. The van der Waals surface area contributed by atoms with Crippen LogP contribution in [0.25, 0.3) is 0 Å². The number of nitrogens with one attached hydrogen (secondary N) is 1. The van der Waals surface area contributed by atoms with Gasteiger partial charge in [0.05, 0.1) is 11.5 Å². The molecule has 0 spiro atoms. The molecule has 0 saturated carbocycles. The van der Waals surface area contributed by atoms with Crippen molar-refractivity contribution in [2.45, 2.75) is 32.2 Å². The second-order valence-corrected chi connectivity index (χ2v) is 10.5. The monoisotopic (exact) mass is 407 g/mol. The molecule has 28 heavy (non-hydrogen) atoms. The molecule has 2 aliphatic heterocycles. The van der Waals surface area contributed by atoms with Gasteiger partial charge in [-0.2, -0.15) is 0 Å². The maximum atomic E-state index is 13.0. The smallest absolute Gasteiger partial charge is 0.241 e. The van der Waals surface area contributed by atoms with Gasteiger partial charge in [-0.05, 0) is 50.4 Å². The number of rotatable bonds is 7. The molecule has 1 aromatic rings. The normalized spacial score (nSPS) is 22.6. The van der Waals surface area contributed by atoms with Crippen molar-refractivity contribution in [3.63, 3.8) is 0 Å². The topological polar surface area (TPSA) is 69.7 Å². The van der Waals surface area contributed by atoms with Gasteiger partial charge >= 0.3 is 0 Å². The lowest BCUT2D eigenvalue weighted by Crippen LogP contribution is -2.48. The number of sulfone groups is 1. The van der Waals surface area contributed by atoms with Crippen molar-refractivity contribution in [3.05, 3.63) is 35.9 Å². The molecule has 1 atom stereocenters. The average Bonchev–Trinajstić information content (AvgIpc) is 2.69. The van der Waals surface area contributed by atoms with Crippen LogP contribution in [0.5, 0.6) is 0 Å². The van der Waals surface area contributed by atoms with E-state index in [0.717, 1.165) is 37.5 Å². The second kappa shape index (κ2) is 9.85. The van der Waals surface area contributed by atoms with Crippen molar-refractivity contribution in [2.75, 3.05) is 50.8 Å². The molecule has 156 valence electrons. The van der Waals surface area contributed by atoms with Gasteiger partial charge in [-0.25, -0.2) is 8.42 Å². The molecule has 1 amide bonds. The minimum Gasteiger partial charge on any atom is -0.354 e. The van der Waals surface area contributed by atoms with Gasteiger partial charge in [0.25, 0.3) is 0 Å². The van der Waals surface area contributed by atoms with E-state index in [2.05, 4.69) is 17.1 Å². The van der Waals surface area contributed by atoms with Crippen LogP contribution in [0.4, 0.5) is 0 Å². The van der Waals surface area contributed by atoms with E-state index in [1.54, 1.807) is 0 Å². The van der Waals surface area contributed by atoms with Crippen LogP contribution in [0.1, 0.15) is 37.8 Å². The number of carbonyl (C=O) groups is 1. The van der Waals surface area contributed by atoms with Gasteiger partial charge in [-0.3, -0.25) is 9.69 Å². The van der Waals surface area contributed by atoms with Gasteiger partial charge in [0.15, 0.2) is 9.84 Å². The number of piperidine rings is 1. The molecular weight excluding hydrogens is 374 g/mol. The quantitative estimate of drug-likeness (QED) is 0.697. The summed E-state index contributed by atoms with van der Waals surface area (Å²) < 4.78 is 23.5. The fraction of sp³-hybridized carbons (Fsp3) is 0.667. The molecule has 1 N–H and O–H groups in total. The predicted molar refractivity (Wildman–Crippen MR) is 112 cm³/mol. The number of nitrogens with zero attached hydrogens (tertiary/aromatic N) is 2. The van der Waals surface area contributed by atoms with Crippen molar-refractivity contribution >= 4 is 15.7 Å². The minimum absolute atomic E-state index is 0.0298. The van der Waals surface area contributed by atoms with Gasteiger partial charge in [-0.15, -0.1) is 0 Å². The van der Waals surface area contributed by atoms with Crippen molar-refractivity contribution < 1.29 is 13.2 Å². The summed E-state index contributed by atoms with van der Waals surface area (Å²) in [5.41, 5.74) is 0.921. The first-order chi connectivity index (χ1) is 13.4. The Balaban J connectivity index is 1.53. The van der Waals surface area contributed by atoms with E-state index in [1.165, 1.54) is 12.8 Å². The van der Waals surface area contributed by atoms with Gasteiger partial charge < -0.3 is 10.2 Å². The van der Waals surface area contributed by atoms with Crippen LogP contribution in [0, 0.1) is 5.92 Å². The molecule has 0 aromatic heterocycles. The first-order valence-electron chi connectivity index (χ1n) is 10.4. The number of benzene rings is 1. The summed E-state index contributed by atoms with van der Waals surface area (Å²) in [6, 6.07) is 9.25. The highest BCUT2D eigenvalue weighted by Gasteiger charge is 2.32. The summed E-state index contributed by atoms with van der Waals surface area (Å²) in [6.45, 7) is 7.11. The molecule has 1 aromatic carbocycles. The van der Waals surface area contributed by atoms with E-state index in [0.29, 0.717) is 19.6 Å². The lowest BCUT2D eigenvalue weighted by molar-refractivity contribution is -0.126. The van der Waals surface area contributed by atoms with Crippen LogP contribution >= 0.6 is 0 Å². The van der Waals surface area contributed by atoms with Crippen molar-refractivity contribution in [3.8, 4) is 0 Å². The van der Waals surface area contributed by atoms with Crippen LogP contribution in [-0.4, -0.2) is 74.9 Å². The van der Waals surface area contributed by atoms with E-state index >= 15 is 0 Å². The lowest BCUT2D eigenvalue weighted by Gasteiger charge is -2.34. The molecule has 2 aliphatic rings. The molecule has 0 aliphatic carbocycles. The first kappa shape index (κ1) is 21.3. The summed E-state index contributed by atoms with van der Waals surface area (Å²) >= 11 is 0. The van der Waals surface area contributed by atoms with E-state index < -0.39 is 15.9 Å². The Morgan fingerprint density at radius 1 is 1.11 bits per heavy atom. The Bertz CT molecular complexity index is 717. The number of amides is 1. The molecule has 1 unspecified atom stereocenters. The third-order valence-electron chi connectivity index (χ3n) is 5.93. The Labute approximate surface area is 169 Å². The summed E-state index contributed by atoms with van der Waals surface area (Å²) in [6.07, 6.45) is 3.47. The Morgan fingerprint density at radius 2 is 1.75 bits per heavy atom. The van der Waals surface area contributed by atoms with Gasteiger partial charge in [0.2, 0.25) is 5.91 Å². The predicted octanol–water partition coefficient (Wildman–Crippen LogP) is 1.70. The molecule has 2 heterocycles. The summed E-state index contributed by atoms with van der Waals surface area (Å²) in [5, 5.41) is 3.09. The van der Waals surface area contributed by atoms with E-state index in [9.17, 15) is 13.2 Å². The van der Waals surface area contributed by atoms with Crippen LogP contribution in [0.2, 0.25) is 0 Å².